The van der Waals surface area contributed by atoms with Crippen LogP contribution in [0.5, 0.6) is 5.75 Å². The highest BCUT2D eigenvalue weighted by atomic mass is 16.4. The first kappa shape index (κ1) is 11.6. The van der Waals surface area contributed by atoms with E-state index < -0.39 is 0 Å². The zero-order valence-electron chi connectivity index (χ0n) is 9.84. The summed E-state index contributed by atoms with van der Waals surface area (Å²) in [6, 6.07) is 3.42. The molecule has 2 aromatic heterocycles. The number of aromatic hydroxyl groups is 1. The van der Waals surface area contributed by atoms with Crippen LogP contribution in [0.4, 0.5) is 0 Å². The van der Waals surface area contributed by atoms with Crippen LogP contribution in [0, 0.1) is 6.92 Å². The van der Waals surface area contributed by atoms with E-state index in [0.717, 1.165) is 11.5 Å². The van der Waals surface area contributed by atoms with Gasteiger partial charge >= 0.3 is 0 Å². The molecule has 5 nitrogen and oxygen atoms in total. The number of rotatable bonds is 4. The predicted octanol–water partition coefficient (Wildman–Crippen LogP) is 1.93. The number of nitrogens with one attached hydrogen (secondary N) is 1. The molecule has 0 aliphatic heterocycles. The van der Waals surface area contributed by atoms with E-state index in [1.54, 1.807) is 18.3 Å². The molecule has 0 spiro atoms. The molecule has 0 radical (unpaired) electrons. The fourth-order valence-electron chi connectivity index (χ4n) is 1.44. The smallest absolute Gasteiger partial charge is 0.211 e. The number of nitrogens with zero attached hydrogens (tertiary/aromatic N) is 2. The Balaban J connectivity index is 1.92. The van der Waals surface area contributed by atoms with E-state index in [9.17, 15) is 0 Å². The molecule has 0 bridgehead atoms. The fourth-order valence-corrected chi connectivity index (χ4v) is 1.44. The zero-order chi connectivity index (χ0) is 12.3. The van der Waals surface area contributed by atoms with Gasteiger partial charge < -0.3 is 14.8 Å². The molecule has 2 N–H and O–H groups in total. The Labute approximate surface area is 99.5 Å². The van der Waals surface area contributed by atoms with Gasteiger partial charge in [-0.05, 0) is 26.0 Å². The van der Waals surface area contributed by atoms with E-state index in [1.807, 2.05) is 13.8 Å². The Morgan fingerprint density at radius 2 is 2.18 bits per heavy atom. The lowest BCUT2D eigenvalue weighted by molar-refractivity contribution is 0.401. The van der Waals surface area contributed by atoms with Gasteiger partial charge in [-0.2, -0.15) is 0 Å². The van der Waals surface area contributed by atoms with Crippen molar-refractivity contribution in [2.75, 3.05) is 0 Å². The number of aromatic nitrogens is 2. The van der Waals surface area contributed by atoms with Crippen molar-refractivity contribution >= 4 is 0 Å². The molecule has 2 aromatic rings. The Hall–Kier alpha value is -1.88. The molecule has 0 aliphatic carbocycles. The van der Waals surface area contributed by atoms with Gasteiger partial charge in [-0.1, -0.05) is 0 Å². The third kappa shape index (κ3) is 3.04. The first-order chi connectivity index (χ1) is 8.15. The SMILES string of the molecule is Cc1cnc(C(C)NCc2ccc(O)cn2)o1. The molecule has 0 saturated carbocycles. The first-order valence-corrected chi connectivity index (χ1v) is 5.45. The third-order valence-corrected chi connectivity index (χ3v) is 2.41. The molecule has 0 aromatic carbocycles. The van der Waals surface area contributed by atoms with Gasteiger partial charge in [-0.15, -0.1) is 0 Å². The monoisotopic (exact) mass is 233 g/mol. The molecular weight excluding hydrogens is 218 g/mol. The maximum Gasteiger partial charge on any atom is 0.211 e. The van der Waals surface area contributed by atoms with E-state index in [4.69, 9.17) is 9.52 Å². The van der Waals surface area contributed by atoms with Crippen molar-refractivity contribution in [1.29, 1.82) is 0 Å². The van der Waals surface area contributed by atoms with Crippen molar-refractivity contribution in [1.82, 2.24) is 15.3 Å². The van der Waals surface area contributed by atoms with Crippen molar-refractivity contribution in [3.63, 3.8) is 0 Å². The van der Waals surface area contributed by atoms with E-state index in [2.05, 4.69) is 15.3 Å². The summed E-state index contributed by atoms with van der Waals surface area (Å²) in [7, 11) is 0. The molecule has 0 saturated heterocycles. The summed E-state index contributed by atoms with van der Waals surface area (Å²) in [5.41, 5.74) is 0.859. The lowest BCUT2D eigenvalue weighted by atomic mass is 10.3. The van der Waals surface area contributed by atoms with Gasteiger partial charge in [0.05, 0.1) is 24.1 Å². The lowest BCUT2D eigenvalue weighted by Crippen LogP contribution is -2.18. The fraction of sp³-hybridized carbons (Fsp3) is 0.333. The van der Waals surface area contributed by atoms with Crippen LogP contribution in [-0.2, 0) is 6.54 Å². The number of oxazole rings is 1. The third-order valence-electron chi connectivity index (χ3n) is 2.41. The topological polar surface area (TPSA) is 71.2 Å². The molecule has 0 aliphatic rings. The molecule has 5 heteroatoms. The van der Waals surface area contributed by atoms with Crippen LogP contribution < -0.4 is 5.32 Å². The minimum absolute atomic E-state index is 0.0271. The van der Waals surface area contributed by atoms with Crippen molar-refractivity contribution in [3.05, 3.63) is 41.9 Å². The summed E-state index contributed by atoms with van der Waals surface area (Å²) in [6.45, 7) is 4.44. The van der Waals surface area contributed by atoms with Crippen molar-refractivity contribution < 1.29 is 9.52 Å². The quantitative estimate of drug-likeness (QED) is 0.844. The van der Waals surface area contributed by atoms with Crippen LogP contribution in [0.3, 0.4) is 0 Å². The van der Waals surface area contributed by atoms with Crippen LogP contribution in [0.15, 0.2) is 28.9 Å². The summed E-state index contributed by atoms with van der Waals surface area (Å²) in [5.74, 6) is 1.64. The molecule has 1 unspecified atom stereocenters. The van der Waals surface area contributed by atoms with E-state index in [-0.39, 0.29) is 11.8 Å². The molecule has 90 valence electrons. The molecule has 2 heterocycles. The minimum atomic E-state index is 0.0271. The Kier molecular flexibility index (Phi) is 3.39. The van der Waals surface area contributed by atoms with E-state index in [0.29, 0.717) is 12.4 Å². The van der Waals surface area contributed by atoms with Crippen LogP contribution in [0.2, 0.25) is 0 Å². The molecular formula is C12H15N3O2. The Bertz CT molecular complexity index is 479. The molecule has 1 atom stereocenters. The average molecular weight is 233 g/mol. The van der Waals surface area contributed by atoms with Crippen molar-refractivity contribution in [2.45, 2.75) is 26.4 Å². The summed E-state index contributed by atoms with van der Waals surface area (Å²) >= 11 is 0. The van der Waals surface area contributed by atoms with E-state index >= 15 is 0 Å². The maximum absolute atomic E-state index is 9.11. The summed E-state index contributed by atoms with van der Waals surface area (Å²) in [4.78, 5) is 8.24. The van der Waals surface area contributed by atoms with Gasteiger partial charge in [0.15, 0.2) is 0 Å². The summed E-state index contributed by atoms with van der Waals surface area (Å²) in [6.07, 6.45) is 3.13. The normalized spacial score (nSPS) is 12.6. The van der Waals surface area contributed by atoms with E-state index in [1.165, 1.54) is 6.20 Å². The second-order valence-corrected chi connectivity index (χ2v) is 3.92. The maximum atomic E-state index is 9.11. The standard InChI is InChI=1S/C12H15N3O2/c1-8-5-15-12(17-8)9(2)13-6-10-3-4-11(16)7-14-10/h3-5,7,9,13,16H,6H2,1-2H3. The highest BCUT2D eigenvalue weighted by molar-refractivity contribution is 5.17. The van der Waals surface area contributed by atoms with Gasteiger partial charge in [0, 0.05) is 6.54 Å². The molecule has 2 rings (SSSR count). The summed E-state index contributed by atoms with van der Waals surface area (Å²) in [5, 5.41) is 12.4. The number of hydrogen-bond donors (Lipinski definition) is 2. The van der Waals surface area contributed by atoms with Gasteiger partial charge in [-0.25, -0.2) is 4.98 Å². The highest BCUT2D eigenvalue weighted by Crippen LogP contribution is 2.13. The second kappa shape index (κ2) is 4.97. The highest BCUT2D eigenvalue weighted by Gasteiger charge is 2.10. The Morgan fingerprint density at radius 3 is 2.76 bits per heavy atom. The largest absolute Gasteiger partial charge is 0.506 e. The van der Waals surface area contributed by atoms with Gasteiger partial charge in [0.1, 0.15) is 11.5 Å². The van der Waals surface area contributed by atoms with Crippen LogP contribution in [0.25, 0.3) is 0 Å². The first-order valence-electron chi connectivity index (χ1n) is 5.45. The van der Waals surface area contributed by atoms with Crippen LogP contribution in [-0.4, -0.2) is 15.1 Å². The molecule has 17 heavy (non-hydrogen) atoms. The summed E-state index contributed by atoms with van der Waals surface area (Å²) < 4.78 is 5.42. The molecule has 0 amide bonds. The Morgan fingerprint density at radius 1 is 1.35 bits per heavy atom. The number of hydrogen-bond acceptors (Lipinski definition) is 5. The predicted molar refractivity (Wildman–Crippen MR) is 62.4 cm³/mol. The van der Waals surface area contributed by atoms with Gasteiger partial charge in [0.2, 0.25) is 5.89 Å². The van der Waals surface area contributed by atoms with Crippen LogP contribution in [0.1, 0.15) is 30.3 Å². The van der Waals surface area contributed by atoms with Gasteiger partial charge in [-0.3, -0.25) is 4.98 Å². The van der Waals surface area contributed by atoms with Crippen molar-refractivity contribution in [2.24, 2.45) is 0 Å². The van der Waals surface area contributed by atoms with Crippen molar-refractivity contribution in [3.8, 4) is 5.75 Å². The van der Waals surface area contributed by atoms with Crippen LogP contribution >= 0.6 is 0 Å². The molecule has 0 fully saturated rings. The number of pyridine rings is 1. The lowest BCUT2D eigenvalue weighted by Gasteiger charge is -2.09. The average Bonchev–Trinajstić information content (AvgIpc) is 2.75. The zero-order valence-corrected chi connectivity index (χ0v) is 9.84. The van der Waals surface area contributed by atoms with Gasteiger partial charge in [0.25, 0.3) is 0 Å². The number of aryl methyl sites for hydroxylation is 1. The second-order valence-electron chi connectivity index (χ2n) is 3.92. The minimum Gasteiger partial charge on any atom is -0.506 e.